The van der Waals surface area contributed by atoms with E-state index in [4.69, 9.17) is 15.1 Å². The van der Waals surface area contributed by atoms with E-state index in [1.54, 1.807) is 0 Å². The maximum absolute atomic E-state index is 11.2. The summed E-state index contributed by atoms with van der Waals surface area (Å²) in [6.45, 7) is -9.77. The quantitative estimate of drug-likeness (QED) is 0.487. The summed E-state index contributed by atoms with van der Waals surface area (Å²) >= 11 is 0. The van der Waals surface area contributed by atoms with E-state index in [1.807, 2.05) is 0 Å². The van der Waals surface area contributed by atoms with Crippen LogP contribution in [0.3, 0.4) is 0 Å². The van der Waals surface area contributed by atoms with E-state index in [-0.39, 0.29) is 0 Å². The Labute approximate surface area is 86.6 Å². The normalized spacial score (nSPS) is 26.5. The molecule has 0 N–H and O–H groups in total. The van der Waals surface area contributed by atoms with Crippen molar-refractivity contribution in [2.24, 2.45) is 0 Å². The van der Waals surface area contributed by atoms with Crippen LogP contribution in [-0.2, 0) is 0 Å². The highest BCUT2D eigenvalue weighted by molar-refractivity contribution is 5.48. The maximum Gasteiger partial charge on any atom is 0.275 e. The lowest BCUT2D eigenvalue weighted by molar-refractivity contribution is -0.386. The number of hydrogen-bond acceptors (Lipinski definition) is 2. The Morgan fingerprint density at radius 3 is 2.33 bits per heavy atom. The number of benzene rings is 1. The summed E-state index contributed by atoms with van der Waals surface area (Å²) in [5.74, 6) is 0. The van der Waals surface area contributed by atoms with Gasteiger partial charge >= 0.3 is 0 Å². The minimum atomic E-state index is -3.30. The van der Waals surface area contributed by atoms with Crippen molar-refractivity contribution in [3.05, 3.63) is 38.9 Å². The molecule has 1 aromatic carbocycles. The Bertz CT molecular complexity index is 614. The first-order chi connectivity index (χ1) is 10.0. The molecule has 1 rings (SSSR count). The summed E-state index contributed by atoms with van der Waals surface area (Å²) in [5, 5.41) is 11.2. The predicted molar refractivity (Wildman–Crippen MR) is 47.3 cm³/mol. The van der Waals surface area contributed by atoms with Crippen molar-refractivity contribution in [3.8, 4) is 0 Å². The molecule has 0 aromatic heterocycles. The first kappa shape index (κ1) is 2.10. The summed E-state index contributed by atoms with van der Waals surface area (Å²) in [6, 6.07) is -2.48. The van der Waals surface area contributed by atoms with Gasteiger partial charge in [0.1, 0.15) is 0 Å². The van der Waals surface area contributed by atoms with Gasteiger partial charge in [-0.15, -0.1) is 0 Å². The van der Waals surface area contributed by atoms with Crippen LogP contribution >= 0.6 is 0 Å². The van der Waals surface area contributed by atoms with Crippen molar-refractivity contribution in [2.45, 2.75) is 20.6 Å². The number of nitro groups is 1. The van der Waals surface area contributed by atoms with E-state index in [0.29, 0.717) is 0 Å². The van der Waals surface area contributed by atoms with Gasteiger partial charge in [-0.1, -0.05) is 5.56 Å². The molecule has 0 spiro atoms. The zero-order valence-electron chi connectivity index (χ0n) is 16.8. The topological polar surface area (TPSA) is 43.1 Å². The minimum absolute atomic E-state index is 1.14. The standard InChI is InChI=1S/C9H11NO2/c1-6-4-7(2)9(10(11)12)8(3)5-6/h4-5H,1-3H3/i1D3,2D3,3D3,4D,5D. The summed E-state index contributed by atoms with van der Waals surface area (Å²) in [7, 11) is 0. The predicted octanol–water partition coefficient (Wildman–Crippen LogP) is 2.52. The Hall–Kier alpha value is -1.38. The van der Waals surface area contributed by atoms with Gasteiger partial charge in [0, 0.05) is 23.5 Å². The molecule has 1 aromatic rings. The van der Waals surface area contributed by atoms with E-state index in [0.717, 1.165) is 0 Å². The van der Waals surface area contributed by atoms with E-state index < -0.39 is 59.9 Å². The van der Waals surface area contributed by atoms with Crippen molar-refractivity contribution in [2.75, 3.05) is 0 Å². The minimum Gasteiger partial charge on any atom is -0.258 e. The highest BCUT2D eigenvalue weighted by Gasteiger charge is 2.13. The molecule has 64 valence electrons. The summed E-state index contributed by atoms with van der Waals surface area (Å²) in [5.41, 5.74) is -5.17. The molecule has 0 saturated heterocycles. The van der Waals surface area contributed by atoms with E-state index in [1.165, 1.54) is 0 Å². The number of rotatable bonds is 1. The van der Waals surface area contributed by atoms with Crippen molar-refractivity contribution in [1.29, 1.82) is 0 Å². The molecule has 3 heteroatoms. The zero-order valence-corrected chi connectivity index (χ0v) is 5.76. The van der Waals surface area contributed by atoms with Gasteiger partial charge in [0.05, 0.1) is 7.66 Å². The van der Waals surface area contributed by atoms with Crippen molar-refractivity contribution in [1.82, 2.24) is 0 Å². The van der Waals surface area contributed by atoms with Crippen LogP contribution in [0.25, 0.3) is 0 Å². The van der Waals surface area contributed by atoms with Crippen LogP contribution < -0.4 is 0 Å². The van der Waals surface area contributed by atoms with Gasteiger partial charge < -0.3 is 0 Å². The smallest absolute Gasteiger partial charge is 0.258 e. The fourth-order valence-electron chi connectivity index (χ4n) is 0.707. The highest BCUT2D eigenvalue weighted by atomic mass is 16.6. The molecule has 0 amide bonds. The average molecular weight is 176 g/mol. The van der Waals surface area contributed by atoms with Crippen LogP contribution in [0, 0.1) is 30.7 Å². The molecule has 0 bridgehead atoms. The molecule has 0 fully saturated rings. The van der Waals surface area contributed by atoms with Crippen LogP contribution in [0.15, 0.2) is 12.1 Å². The zero-order chi connectivity index (χ0) is 18.5. The molecule has 0 atom stereocenters. The molecule has 0 aliphatic carbocycles. The molecule has 0 aliphatic rings. The van der Waals surface area contributed by atoms with Crippen molar-refractivity contribution < 1.29 is 20.0 Å². The fraction of sp³-hybridized carbons (Fsp3) is 0.333. The molecular weight excluding hydrogens is 154 g/mol. The molecule has 0 saturated carbocycles. The second kappa shape index (κ2) is 2.93. The lowest BCUT2D eigenvalue weighted by atomic mass is 10.1. The fourth-order valence-corrected chi connectivity index (χ4v) is 0.707. The van der Waals surface area contributed by atoms with E-state index in [9.17, 15) is 10.1 Å². The molecular formula is C9H11NO2. The second-order valence-corrected chi connectivity index (χ2v) is 1.98. The number of nitro benzene ring substituents is 1. The van der Waals surface area contributed by atoms with Gasteiger partial charge in [-0.05, 0) is 32.6 Å². The Balaban J connectivity index is 4.25. The SMILES string of the molecule is [2H]c1c(C([2H])([2H])[2H])c([2H])c(C([2H])([2H])[2H])c([N+](=O)[O-])c1C([2H])([2H])[2H]. The lowest BCUT2D eigenvalue weighted by Gasteiger charge is -2.01. The van der Waals surface area contributed by atoms with E-state index >= 15 is 0 Å². The van der Waals surface area contributed by atoms with Crippen LogP contribution in [0.2, 0.25) is 0 Å². The third-order valence-corrected chi connectivity index (χ3v) is 1.16. The molecule has 0 heterocycles. The number of hydrogen-bond donors (Lipinski definition) is 0. The van der Waals surface area contributed by atoms with Gasteiger partial charge in [-0.2, -0.15) is 0 Å². The molecule has 0 radical (unpaired) electrons. The Morgan fingerprint density at radius 2 is 2.00 bits per heavy atom. The largest absolute Gasteiger partial charge is 0.275 e. The van der Waals surface area contributed by atoms with Gasteiger partial charge in [0.2, 0.25) is 0 Å². The van der Waals surface area contributed by atoms with Crippen LogP contribution in [0.5, 0.6) is 0 Å². The van der Waals surface area contributed by atoms with Gasteiger partial charge in [0.25, 0.3) is 5.69 Å². The first-order valence-corrected chi connectivity index (χ1v) is 2.84. The third kappa shape index (κ3) is 1.44. The first-order valence-electron chi connectivity index (χ1n) is 8.34. The van der Waals surface area contributed by atoms with Crippen LogP contribution in [0.1, 0.15) is 31.8 Å². The van der Waals surface area contributed by atoms with Crippen LogP contribution in [0.4, 0.5) is 5.69 Å². The summed E-state index contributed by atoms with van der Waals surface area (Å²) in [6.07, 6.45) is 0. The van der Waals surface area contributed by atoms with Gasteiger partial charge in [0.15, 0.2) is 0 Å². The van der Waals surface area contributed by atoms with E-state index in [2.05, 4.69) is 0 Å². The van der Waals surface area contributed by atoms with Crippen LogP contribution in [-0.4, -0.2) is 4.92 Å². The van der Waals surface area contributed by atoms with Gasteiger partial charge in [-0.3, -0.25) is 10.1 Å². The second-order valence-electron chi connectivity index (χ2n) is 1.98. The summed E-state index contributed by atoms with van der Waals surface area (Å²) in [4.78, 5) is 9.88. The Kier molecular flexibility index (Phi) is 0.513. The molecule has 0 unspecified atom stereocenters. The van der Waals surface area contributed by atoms with Crippen molar-refractivity contribution in [3.63, 3.8) is 0 Å². The maximum atomic E-state index is 11.2. The monoisotopic (exact) mass is 176 g/mol. The summed E-state index contributed by atoms with van der Waals surface area (Å²) < 4.78 is 81.1. The van der Waals surface area contributed by atoms with Crippen molar-refractivity contribution >= 4 is 5.69 Å². The lowest BCUT2D eigenvalue weighted by Crippen LogP contribution is -1.95. The Morgan fingerprint density at radius 1 is 1.42 bits per heavy atom. The number of nitrogens with zero attached hydrogens (tertiary/aromatic N) is 1. The molecule has 12 heavy (non-hydrogen) atoms. The highest BCUT2D eigenvalue weighted by Crippen LogP contribution is 2.23. The third-order valence-electron chi connectivity index (χ3n) is 1.16. The molecule has 0 aliphatic heterocycles. The van der Waals surface area contributed by atoms with Gasteiger partial charge in [-0.25, -0.2) is 0 Å². The average Bonchev–Trinajstić information content (AvgIpc) is 2.21. The molecule has 3 nitrogen and oxygen atoms in total.